The van der Waals surface area contributed by atoms with Crippen LogP contribution in [0.5, 0.6) is 0 Å². The first-order valence-electron chi connectivity index (χ1n) is 9.43. The van der Waals surface area contributed by atoms with Crippen LogP contribution in [0.4, 0.5) is 0 Å². The maximum atomic E-state index is 13.3. The van der Waals surface area contributed by atoms with Gasteiger partial charge in [0.1, 0.15) is 0 Å². The molecule has 0 aliphatic rings. The Labute approximate surface area is 215 Å². The van der Waals surface area contributed by atoms with Crippen molar-refractivity contribution in [3.8, 4) is 0 Å². The summed E-state index contributed by atoms with van der Waals surface area (Å²) in [5.74, 6) is -0.626. The number of carbonyl (C=O) groups is 1. The molecule has 0 heterocycles. The molecule has 11 heteroatoms. The maximum absolute atomic E-state index is 13.3. The third kappa shape index (κ3) is 7.02. The first kappa shape index (κ1) is 25.7. The zero-order chi connectivity index (χ0) is 24.0. The molecule has 172 valence electrons. The summed E-state index contributed by atoms with van der Waals surface area (Å²) in [5.41, 5.74) is 3.51. The van der Waals surface area contributed by atoms with E-state index in [9.17, 15) is 13.2 Å². The van der Waals surface area contributed by atoms with E-state index in [0.717, 1.165) is 8.78 Å². The first-order valence-corrected chi connectivity index (χ1v) is 12.8. The summed E-state index contributed by atoms with van der Waals surface area (Å²) in [6, 6.07) is 17.9. The molecule has 0 spiro atoms. The van der Waals surface area contributed by atoms with Crippen LogP contribution >= 0.6 is 50.7 Å². The van der Waals surface area contributed by atoms with Gasteiger partial charge in [0.15, 0.2) is 0 Å². The molecule has 33 heavy (non-hydrogen) atoms. The van der Waals surface area contributed by atoms with Gasteiger partial charge in [-0.25, -0.2) is 13.8 Å². The van der Waals surface area contributed by atoms with Gasteiger partial charge in [-0.3, -0.25) is 4.79 Å². The number of hydrazone groups is 1. The second-order valence-corrected chi connectivity index (χ2v) is 10.9. The van der Waals surface area contributed by atoms with Gasteiger partial charge in [-0.2, -0.15) is 9.41 Å². The summed E-state index contributed by atoms with van der Waals surface area (Å²) in [6.45, 7) is -0.574. The summed E-state index contributed by atoms with van der Waals surface area (Å²) in [5, 5.41) is 4.97. The molecule has 0 bridgehead atoms. The van der Waals surface area contributed by atoms with Gasteiger partial charge in [0, 0.05) is 21.6 Å². The fraction of sp³-hybridized carbons (Fsp3) is 0.0909. The van der Waals surface area contributed by atoms with E-state index in [1.807, 2.05) is 0 Å². The lowest BCUT2D eigenvalue weighted by Gasteiger charge is -2.22. The highest BCUT2D eigenvalue weighted by Gasteiger charge is 2.27. The van der Waals surface area contributed by atoms with E-state index >= 15 is 0 Å². The van der Waals surface area contributed by atoms with Crippen LogP contribution in [0.25, 0.3) is 0 Å². The number of rotatable bonds is 8. The van der Waals surface area contributed by atoms with Gasteiger partial charge in [0.2, 0.25) is 10.0 Å². The average molecular weight is 590 g/mol. The highest BCUT2D eigenvalue weighted by Crippen LogP contribution is 2.25. The van der Waals surface area contributed by atoms with E-state index in [-0.39, 0.29) is 16.5 Å². The third-order valence-corrected chi connectivity index (χ3v) is 7.83. The SMILES string of the molecule is O=C(CN(Cc1ccc(Cl)c(Cl)c1)S(=O)(=O)c1ccc(Br)cc1)N/N=C/c1ccccc1Cl. The van der Waals surface area contributed by atoms with Crippen molar-refractivity contribution in [2.45, 2.75) is 11.4 Å². The minimum absolute atomic E-state index is 0.0399. The van der Waals surface area contributed by atoms with Gasteiger partial charge in [0.25, 0.3) is 5.91 Å². The quantitative estimate of drug-likeness (QED) is 0.269. The average Bonchev–Trinajstić information content (AvgIpc) is 2.77. The Bertz CT molecular complexity index is 1290. The lowest BCUT2D eigenvalue weighted by atomic mass is 10.2. The lowest BCUT2D eigenvalue weighted by Crippen LogP contribution is -2.39. The molecule has 1 N–H and O–H groups in total. The van der Waals surface area contributed by atoms with Crippen LogP contribution in [0, 0.1) is 0 Å². The summed E-state index contributed by atoms with van der Waals surface area (Å²) in [4.78, 5) is 12.6. The Balaban J connectivity index is 1.82. The van der Waals surface area contributed by atoms with Crippen molar-refractivity contribution >= 4 is 72.9 Å². The summed E-state index contributed by atoms with van der Waals surface area (Å²) < 4.78 is 28.3. The zero-order valence-corrected chi connectivity index (χ0v) is 21.6. The molecule has 0 fully saturated rings. The fourth-order valence-corrected chi connectivity index (χ4v) is 4.93. The normalized spacial score (nSPS) is 11.8. The number of hydrogen-bond acceptors (Lipinski definition) is 4. The Kier molecular flexibility index (Phi) is 8.92. The molecule has 0 aromatic heterocycles. The summed E-state index contributed by atoms with van der Waals surface area (Å²) in [6.07, 6.45) is 1.38. The van der Waals surface area contributed by atoms with Crippen LogP contribution in [0.2, 0.25) is 15.1 Å². The van der Waals surface area contributed by atoms with Gasteiger partial charge in [0.05, 0.1) is 27.7 Å². The Morgan fingerprint density at radius 1 is 0.970 bits per heavy atom. The Hall–Kier alpha value is -1.94. The number of hydrogen-bond donors (Lipinski definition) is 1. The summed E-state index contributed by atoms with van der Waals surface area (Å²) in [7, 11) is -4.02. The lowest BCUT2D eigenvalue weighted by molar-refractivity contribution is -0.121. The molecular formula is C22H17BrCl3N3O3S. The third-order valence-electron chi connectivity index (χ3n) is 4.41. The van der Waals surface area contributed by atoms with Crippen LogP contribution in [0.3, 0.4) is 0 Å². The molecule has 0 aliphatic heterocycles. The highest BCUT2D eigenvalue weighted by atomic mass is 79.9. The second-order valence-electron chi connectivity index (χ2n) is 6.79. The summed E-state index contributed by atoms with van der Waals surface area (Å²) >= 11 is 21.4. The van der Waals surface area contributed by atoms with Gasteiger partial charge >= 0.3 is 0 Å². The Morgan fingerprint density at radius 3 is 2.33 bits per heavy atom. The predicted molar refractivity (Wildman–Crippen MR) is 135 cm³/mol. The molecular weight excluding hydrogens is 573 g/mol. The molecule has 0 aliphatic carbocycles. The van der Waals surface area contributed by atoms with Crippen molar-refractivity contribution in [1.29, 1.82) is 0 Å². The maximum Gasteiger partial charge on any atom is 0.255 e. The molecule has 6 nitrogen and oxygen atoms in total. The van der Waals surface area contributed by atoms with Gasteiger partial charge in [-0.1, -0.05) is 75.0 Å². The van der Waals surface area contributed by atoms with E-state index < -0.39 is 22.5 Å². The fourth-order valence-electron chi connectivity index (χ4n) is 2.77. The monoisotopic (exact) mass is 587 g/mol. The number of amides is 1. The molecule has 0 atom stereocenters. The van der Waals surface area contributed by atoms with E-state index in [1.54, 1.807) is 54.6 Å². The highest BCUT2D eigenvalue weighted by molar-refractivity contribution is 9.10. The van der Waals surface area contributed by atoms with Gasteiger partial charge < -0.3 is 0 Å². The molecule has 0 unspecified atom stereocenters. The number of halogens is 4. The predicted octanol–water partition coefficient (Wildman–Crippen LogP) is 5.75. The topological polar surface area (TPSA) is 78.8 Å². The van der Waals surface area contributed by atoms with Crippen molar-refractivity contribution in [2.24, 2.45) is 5.10 Å². The van der Waals surface area contributed by atoms with E-state index in [1.165, 1.54) is 18.3 Å². The van der Waals surface area contributed by atoms with Gasteiger partial charge in [-0.15, -0.1) is 0 Å². The Morgan fingerprint density at radius 2 is 1.67 bits per heavy atom. The van der Waals surface area contributed by atoms with Crippen molar-refractivity contribution in [3.05, 3.63) is 97.4 Å². The minimum atomic E-state index is -4.02. The van der Waals surface area contributed by atoms with E-state index in [0.29, 0.717) is 21.2 Å². The van der Waals surface area contributed by atoms with Crippen molar-refractivity contribution in [2.75, 3.05) is 6.54 Å². The molecule has 0 radical (unpaired) electrons. The molecule has 0 saturated heterocycles. The number of nitrogens with zero attached hydrogens (tertiary/aromatic N) is 2. The van der Waals surface area contributed by atoms with Crippen molar-refractivity contribution in [1.82, 2.24) is 9.73 Å². The van der Waals surface area contributed by atoms with Gasteiger partial charge in [-0.05, 0) is 48.0 Å². The smallest absolute Gasteiger partial charge is 0.255 e. The van der Waals surface area contributed by atoms with E-state index in [4.69, 9.17) is 34.8 Å². The largest absolute Gasteiger partial charge is 0.272 e. The van der Waals surface area contributed by atoms with Crippen molar-refractivity contribution < 1.29 is 13.2 Å². The van der Waals surface area contributed by atoms with Crippen LogP contribution in [0.1, 0.15) is 11.1 Å². The number of nitrogens with one attached hydrogen (secondary N) is 1. The van der Waals surface area contributed by atoms with Crippen LogP contribution < -0.4 is 5.43 Å². The van der Waals surface area contributed by atoms with Crippen LogP contribution in [0.15, 0.2) is 81.2 Å². The molecule has 0 saturated carbocycles. The number of carbonyl (C=O) groups excluding carboxylic acids is 1. The van der Waals surface area contributed by atoms with Crippen LogP contribution in [-0.2, 0) is 21.4 Å². The molecule has 3 aromatic rings. The van der Waals surface area contributed by atoms with E-state index in [2.05, 4.69) is 26.5 Å². The number of sulfonamides is 1. The second kappa shape index (κ2) is 11.5. The first-order chi connectivity index (χ1) is 15.7. The van der Waals surface area contributed by atoms with Crippen LogP contribution in [-0.4, -0.2) is 31.4 Å². The zero-order valence-electron chi connectivity index (χ0n) is 16.9. The number of benzene rings is 3. The standard InChI is InChI=1S/C22H17BrCl3N3O3S/c23-17-6-8-18(9-7-17)33(31,32)29(13-15-5-10-20(25)21(26)11-15)14-22(30)28-27-12-16-3-1-2-4-19(16)24/h1-12H,13-14H2,(H,28,30)/b27-12+. The molecule has 3 rings (SSSR count). The minimum Gasteiger partial charge on any atom is -0.272 e. The molecule has 1 amide bonds. The molecule has 3 aromatic carbocycles. The van der Waals surface area contributed by atoms with Crippen molar-refractivity contribution in [3.63, 3.8) is 0 Å².